The summed E-state index contributed by atoms with van der Waals surface area (Å²) in [5.41, 5.74) is 3.61. The van der Waals surface area contributed by atoms with E-state index in [0.29, 0.717) is 5.02 Å². The van der Waals surface area contributed by atoms with Crippen molar-refractivity contribution in [2.75, 3.05) is 18.1 Å². The number of thiazole rings is 1. The summed E-state index contributed by atoms with van der Waals surface area (Å²) in [6, 6.07) is 13.7. The van der Waals surface area contributed by atoms with Crippen molar-refractivity contribution in [3.63, 3.8) is 0 Å². The van der Waals surface area contributed by atoms with Gasteiger partial charge >= 0.3 is 0 Å². The summed E-state index contributed by atoms with van der Waals surface area (Å²) in [7, 11) is 0. The highest BCUT2D eigenvalue weighted by molar-refractivity contribution is 7.13. The third-order valence-corrected chi connectivity index (χ3v) is 6.50. The fourth-order valence-corrected chi connectivity index (χ4v) is 4.79. The first-order chi connectivity index (χ1) is 14.7. The molecule has 2 aromatic carbocycles. The topological polar surface area (TPSA) is 42.4 Å². The van der Waals surface area contributed by atoms with Gasteiger partial charge in [-0.15, -0.1) is 11.3 Å². The first-order valence-corrected chi connectivity index (χ1v) is 11.7. The molecule has 0 bridgehead atoms. The summed E-state index contributed by atoms with van der Waals surface area (Å²) >= 11 is 7.89. The Balaban J connectivity index is 1.57. The fraction of sp³-hybridized carbons (Fsp3) is 0.333. The van der Waals surface area contributed by atoms with Crippen molar-refractivity contribution in [3.8, 4) is 27.6 Å². The predicted molar refractivity (Wildman–Crippen MR) is 125 cm³/mol. The molecule has 0 saturated heterocycles. The molecular formula is C24H25ClN2O2S. The molecule has 0 aliphatic carbocycles. The first kappa shape index (κ1) is 20.9. The van der Waals surface area contributed by atoms with Crippen LogP contribution in [0.5, 0.6) is 5.75 Å². The molecule has 1 amide bonds. The van der Waals surface area contributed by atoms with Gasteiger partial charge in [0.25, 0.3) is 5.91 Å². The number of rotatable bonds is 8. The number of aromatic nitrogens is 1. The fourth-order valence-electron chi connectivity index (χ4n) is 3.64. The average molecular weight is 441 g/mol. The molecule has 30 heavy (non-hydrogen) atoms. The minimum Gasteiger partial charge on any atom is -0.482 e. The number of unbranched alkanes of at least 4 members (excludes halogenated alkanes) is 4. The minimum absolute atomic E-state index is 0.0187. The predicted octanol–water partition coefficient (Wildman–Crippen LogP) is 6.83. The molecular weight excluding hydrogens is 416 g/mol. The van der Waals surface area contributed by atoms with Gasteiger partial charge < -0.3 is 9.64 Å². The highest BCUT2D eigenvalue weighted by Crippen LogP contribution is 2.38. The standard InChI is InChI=1S/C24H25ClN2O2S/c1-2-3-4-5-8-13-27-21-14-17(11-12-22(21)29-15-23(27)28)20-16-30-24(26-20)18-9-6-7-10-19(18)25/h6-7,9-12,14,16H,2-5,8,13,15H2,1H3. The number of ether oxygens (including phenoxy) is 1. The van der Waals surface area contributed by atoms with Crippen LogP contribution in [0.4, 0.5) is 5.69 Å². The lowest BCUT2D eigenvalue weighted by molar-refractivity contribution is -0.121. The van der Waals surface area contributed by atoms with Crippen LogP contribution in [0.15, 0.2) is 47.8 Å². The summed E-state index contributed by atoms with van der Waals surface area (Å²) in [4.78, 5) is 19.2. The van der Waals surface area contributed by atoms with Gasteiger partial charge in [0.15, 0.2) is 6.61 Å². The Hall–Kier alpha value is -2.37. The largest absolute Gasteiger partial charge is 0.482 e. The molecule has 1 aliphatic rings. The van der Waals surface area contributed by atoms with E-state index in [0.717, 1.165) is 52.7 Å². The van der Waals surface area contributed by atoms with Crippen LogP contribution in [0, 0.1) is 0 Å². The Morgan fingerprint density at radius 1 is 1.13 bits per heavy atom. The number of halogens is 1. The molecule has 0 spiro atoms. The van der Waals surface area contributed by atoms with E-state index in [-0.39, 0.29) is 12.5 Å². The Morgan fingerprint density at radius 3 is 2.80 bits per heavy atom. The molecule has 156 valence electrons. The van der Waals surface area contributed by atoms with Crippen molar-refractivity contribution in [1.82, 2.24) is 4.98 Å². The molecule has 0 saturated carbocycles. The van der Waals surface area contributed by atoms with Crippen LogP contribution >= 0.6 is 22.9 Å². The molecule has 4 nitrogen and oxygen atoms in total. The van der Waals surface area contributed by atoms with Crippen molar-refractivity contribution >= 4 is 34.5 Å². The zero-order valence-corrected chi connectivity index (χ0v) is 18.6. The molecule has 0 radical (unpaired) electrons. The average Bonchev–Trinajstić information content (AvgIpc) is 3.25. The van der Waals surface area contributed by atoms with Crippen LogP contribution in [0.1, 0.15) is 39.0 Å². The summed E-state index contributed by atoms with van der Waals surface area (Å²) in [6.07, 6.45) is 5.82. The van der Waals surface area contributed by atoms with Crippen LogP contribution in [0.3, 0.4) is 0 Å². The van der Waals surface area contributed by atoms with Gasteiger partial charge in [0.1, 0.15) is 10.8 Å². The van der Waals surface area contributed by atoms with Gasteiger partial charge in [-0.3, -0.25) is 4.79 Å². The number of benzene rings is 2. The van der Waals surface area contributed by atoms with E-state index >= 15 is 0 Å². The van der Waals surface area contributed by atoms with Gasteiger partial charge in [0.2, 0.25) is 0 Å². The van der Waals surface area contributed by atoms with Crippen molar-refractivity contribution < 1.29 is 9.53 Å². The van der Waals surface area contributed by atoms with Gasteiger partial charge in [0, 0.05) is 23.1 Å². The summed E-state index contributed by atoms with van der Waals surface area (Å²) < 4.78 is 5.67. The zero-order valence-electron chi connectivity index (χ0n) is 17.1. The SMILES string of the molecule is CCCCCCCN1C(=O)COc2ccc(-c3csc(-c4ccccc4Cl)n3)cc21. The van der Waals surface area contributed by atoms with Crippen LogP contribution in [0.25, 0.3) is 21.8 Å². The third kappa shape index (κ3) is 4.52. The van der Waals surface area contributed by atoms with Gasteiger partial charge in [-0.05, 0) is 30.7 Å². The smallest absolute Gasteiger partial charge is 0.265 e. The molecule has 0 unspecified atom stereocenters. The molecule has 1 aliphatic heterocycles. The van der Waals surface area contributed by atoms with Crippen LogP contribution in [0.2, 0.25) is 5.02 Å². The second-order valence-corrected chi connectivity index (χ2v) is 8.71. The summed E-state index contributed by atoms with van der Waals surface area (Å²) in [5, 5.41) is 3.60. The van der Waals surface area contributed by atoms with E-state index < -0.39 is 0 Å². The Labute approximate surface area is 186 Å². The molecule has 4 rings (SSSR count). The molecule has 0 fully saturated rings. The maximum Gasteiger partial charge on any atom is 0.265 e. The molecule has 2 heterocycles. The lowest BCUT2D eigenvalue weighted by atomic mass is 10.1. The van der Waals surface area contributed by atoms with Crippen molar-refractivity contribution in [3.05, 3.63) is 52.9 Å². The zero-order chi connectivity index (χ0) is 20.9. The third-order valence-electron chi connectivity index (χ3n) is 5.29. The normalized spacial score (nSPS) is 13.3. The Bertz CT molecular complexity index is 1030. The van der Waals surface area contributed by atoms with Crippen molar-refractivity contribution in [2.24, 2.45) is 0 Å². The second kappa shape index (κ2) is 9.63. The molecule has 0 atom stereocenters. The van der Waals surface area contributed by atoms with Crippen LogP contribution in [-0.2, 0) is 4.79 Å². The minimum atomic E-state index is 0.0187. The maximum atomic E-state index is 12.5. The van der Waals surface area contributed by atoms with E-state index in [1.165, 1.54) is 19.3 Å². The highest BCUT2D eigenvalue weighted by Gasteiger charge is 2.26. The maximum absolute atomic E-state index is 12.5. The van der Waals surface area contributed by atoms with Crippen LogP contribution < -0.4 is 9.64 Å². The van der Waals surface area contributed by atoms with Gasteiger partial charge in [-0.25, -0.2) is 4.98 Å². The second-order valence-electron chi connectivity index (χ2n) is 7.45. The quantitative estimate of drug-likeness (QED) is 0.360. The number of carbonyl (C=O) groups excluding carboxylic acids is 1. The molecule has 3 aromatic rings. The van der Waals surface area contributed by atoms with E-state index in [9.17, 15) is 4.79 Å². The van der Waals surface area contributed by atoms with Crippen LogP contribution in [-0.4, -0.2) is 24.0 Å². The molecule has 1 aromatic heterocycles. The van der Waals surface area contributed by atoms with E-state index in [1.54, 1.807) is 11.3 Å². The van der Waals surface area contributed by atoms with Gasteiger partial charge in [-0.2, -0.15) is 0 Å². The number of hydrogen-bond acceptors (Lipinski definition) is 4. The van der Waals surface area contributed by atoms with Crippen molar-refractivity contribution in [2.45, 2.75) is 39.0 Å². The monoisotopic (exact) mass is 440 g/mol. The number of hydrogen-bond donors (Lipinski definition) is 0. The van der Waals surface area contributed by atoms with Gasteiger partial charge in [0.05, 0.1) is 16.4 Å². The summed E-state index contributed by atoms with van der Waals surface area (Å²) in [6.45, 7) is 3.04. The van der Waals surface area contributed by atoms with Gasteiger partial charge in [-0.1, -0.05) is 62.4 Å². The molecule has 0 N–H and O–H groups in total. The Kier molecular flexibility index (Phi) is 6.70. The first-order valence-electron chi connectivity index (χ1n) is 10.5. The number of anilines is 1. The number of amides is 1. The van der Waals surface area contributed by atoms with E-state index in [1.807, 2.05) is 52.7 Å². The van der Waals surface area contributed by atoms with E-state index in [4.69, 9.17) is 21.3 Å². The number of nitrogens with zero attached hydrogens (tertiary/aromatic N) is 2. The lowest BCUT2D eigenvalue weighted by Gasteiger charge is -2.29. The van der Waals surface area contributed by atoms with Crippen molar-refractivity contribution in [1.29, 1.82) is 0 Å². The summed E-state index contributed by atoms with van der Waals surface area (Å²) in [5.74, 6) is 0.777. The molecule has 6 heteroatoms. The highest BCUT2D eigenvalue weighted by atomic mass is 35.5. The number of fused-ring (bicyclic) bond motifs is 1. The lowest BCUT2D eigenvalue weighted by Crippen LogP contribution is -2.39. The Morgan fingerprint density at radius 2 is 1.97 bits per heavy atom. The number of carbonyl (C=O) groups is 1. The van der Waals surface area contributed by atoms with E-state index in [2.05, 4.69) is 6.92 Å².